The zero-order valence-corrected chi connectivity index (χ0v) is 12.4. The molecular formula is C14H22FN3O2. The van der Waals surface area contributed by atoms with E-state index in [1.807, 2.05) is 19.0 Å². The summed E-state index contributed by atoms with van der Waals surface area (Å²) >= 11 is 0. The highest BCUT2D eigenvalue weighted by Crippen LogP contribution is 2.22. The molecule has 0 amide bonds. The lowest BCUT2D eigenvalue weighted by molar-refractivity contribution is -0.385. The summed E-state index contributed by atoms with van der Waals surface area (Å²) < 4.78 is 13.4. The average Bonchev–Trinajstić information content (AvgIpc) is 2.25. The van der Waals surface area contributed by atoms with Gasteiger partial charge in [-0.1, -0.05) is 13.8 Å². The van der Waals surface area contributed by atoms with Gasteiger partial charge < -0.3 is 10.2 Å². The van der Waals surface area contributed by atoms with Crippen LogP contribution in [0, 0.1) is 21.8 Å². The summed E-state index contributed by atoms with van der Waals surface area (Å²) in [4.78, 5) is 12.2. The first-order valence-electron chi connectivity index (χ1n) is 6.64. The van der Waals surface area contributed by atoms with Crippen molar-refractivity contribution in [2.75, 3.05) is 26.0 Å². The zero-order valence-electron chi connectivity index (χ0n) is 12.4. The van der Waals surface area contributed by atoms with Gasteiger partial charge in [-0.15, -0.1) is 0 Å². The van der Waals surface area contributed by atoms with Gasteiger partial charge in [0, 0.05) is 24.3 Å². The second-order valence-corrected chi connectivity index (χ2v) is 5.69. The van der Waals surface area contributed by atoms with Crippen molar-refractivity contribution >= 4 is 11.4 Å². The minimum atomic E-state index is -0.602. The summed E-state index contributed by atoms with van der Waals surface area (Å²) in [5.74, 6) is -0.120. The van der Waals surface area contributed by atoms with Gasteiger partial charge in [-0.3, -0.25) is 10.1 Å². The van der Waals surface area contributed by atoms with Crippen LogP contribution in [0.5, 0.6) is 0 Å². The molecule has 1 unspecified atom stereocenters. The maximum absolute atomic E-state index is 13.4. The number of non-ortho nitro benzene ring substituents is 1. The minimum Gasteiger partial charge on any atom is -0.381 e. The topological polar surface area (TPSA) is 58.4 Å². The Kier molecular flexibility index (Phi) is 5.88. The van der Waals surface area contributed by atoms with Crippen LogP contribution in [0.2, 0.25) is 0 Å². The lowest BCUT2D eigenvalue weighted by Gasteiger charge is -2.25. The number of nitro groups is 1. The first-order valence-corrected chi connectivity index (χ1v) is 6.64. The van der Waals surface area contributed by atoms with E-state index in [0.29, 0.717) is 11.6 Å². The van der Waals surface area contributed by atoms with E-state index in [4.69, 9.17) is 0 Å². The SMILES string of the molecule is CC(C)CC(CN(C)C)Nc1cc(F)cc([N+](=O)[O-])c1. The van der Waals surface area contributed by atoms with Crippen molar-refractivity contribution in [1.82, 2.24) is 4.90 Å². The Hall–Kier alpha value is -1.69. The molecule has 0 heterocycles. The van der Waals surface area contributed by atoms with Gasteiger partial charge in [0.2, 0.25) is 0 Å². The number of benzene rings is 1. The number of rotatable bonds is 7. The smallest absolute Gasteiger partial charge is 0.274 e. The number of halogens is 1. The van der Waals surface area contributed by atoms with Gasteiger partial charge in [0.05, 0.1) is 11.0 Å². The second kappa shape index (κ2) is 7.19. The number of hydrogen-bond donors (Lipinski definition) is 1. The summed E-state index contributed by atoms with van der Waals surface area (Å²) in [6.45, 7) is 5.00. The van der Waals surface area contributed by atoms with Gasteiger partial charge in [-0.25, -0.2) is 4.39 Å². The van der Waals surface area contributed by atoms with E-state index in [-0.39, 0.29) is 11.7 Å². The first kappa shape index (κ1) is 16.4. The molecule has 1 aromatic carbocycles. The molecule has 0 aliphatic rings. The number of nitrogens with zero attached hydrogens (tertiary/aromatic N) is 2. The number of nitro benzene ring substituents is 1. The minimum absolute atomic E-state index is 0.117. The molecule has 0 aliphatic carbocycles. The largest absolute Gasteiger partial charge is 0.381 e. The summed E-state index contributed by atoms with van der Waals surface area (Å²) in [7, 11) is 3.92. The Bertz CT molecular complexity index is 454. The monoisotopic (exact) mass is 283 g/mol. The fourth-order valence-electron chi connectivity index (χ4n) is 2.19. The Morgan fingerprint density at radius 2 is 2.00 bits per heavy atom. The molecule has 0 aromatic heterocycles. The third-order valence-electron chi connectivity index (χ3n) is 2.81. The Morgan fingerprint density at radius 1 is 1.35 bits per heavy atom. The predicted octanol–water partition coefficient (Wildman–Crippen LogP) is 3.12. The Morgan fingerprint density at radius 3 is 2.50 bits per heavy atom. The van der Waals surface area contributed by atoms with Crippen LogP contribution in [0.25, 0.3) is 0 Å². The normalized spacial score (nSPS) is 12.8. The van der Waals surface area contributed by atoms with Gasteiger partial charge in [-0.05, 0) is 32.5 Å². The molecule has 0 fully saturated rings. The van der Waals surface area contributed by atoms with E-state index in [0.717, 1.165) is 19.0 Å². The van der Waals surface area contributed by atoms with Crippen molar-refractivity contribution in [2.45, 2.75) is 26.3 Å². The third kappa shape index (κ3) is 5.52. The molecule has 20 heavy (non-hydrogen) atoms. The van der Waals surface area contributed by atoms with Crippen LogP contribution < -0.4 is 5.32 Å². The molecule has 6 heteroatoms. The molecule has 0 radical (unpaired) electrons. The molecule has 0 spiro atoms. The summed E-state index contributed by atoms with van der Waals surface area (Å²) in [6.07, 6.45) is 0.905. The number of nitrogens with one attached hydrogen (secondary N) is 1. The van der Waals surface area contributed by atoms with E-state index in [9.17, 15) is 14.5 Å². The van der Waals surface area contributed by atoms with Crippen LogP contribution in [0.3, 0.4) is 0 Å². The predicted molar refractivity (Wildman–Crippen MR) is 78.5 cm³/mol. The third-order valence-corrected chi connectivity index (χ3v) is 2.81. The lowest BCUT2D eigenvalue weighted by atomic mass is 10.0. The molecule has 0 saturated carbocycles. The standard InChI is InChI=1S/C14H22FN3O2/c1-10(2)5-13(9-17(3)4)16-12-6-11(15)7-14(8-12)18(19)20/h6-8,10,13,16H,5,9H2,1-4H3. The lowest BCUT2D eigenvalue weighted by Crippen LogP contribution is -2.33. The zero-order chi connectivity index (χ0) is 15.3. The van der Waals surface area contributed by atoms with Crippen LogP contribution in [0.4, 0.5) is 15.8 Å². The average molecular weight is 283 g/mol. The number of likely N-dealkylation sites (N-methyl/N-ethyl adjacent to an activating group) is 1. The molecule has 1 atom stereocenters. The van der Waals surface area contributed by atoms with Crippen molar-refractivity contribution in [3.63, 3.8) is 0 Å². The second-order valence-electron chi connectivity index (χ2n) is 5.69. The van der Waals surface area contributed by atoms with E-state index in [1.54, 1.807) is 0 Å². The quantitative estimate of drug-likeness (QED) is 0.617. The molecular weight excluding hydrogens is 261 g/mol. The number of hydrogen-bond acceptors (Lipinski definition) is 4. The molecule has 1 aromatic rings. The summed E-state index contributed by atoms with van der Waals surface area (Å²) in [5.41, 5.74) is 0.213. The van der Waals surface area contributed by atoms with E-state index < -0.39 is 10.7 Å². The number of anilines is 1. The summed E-state index contributed by atoms with van der Waals surface area (Å²) in [6, 6.07) is 3.70. The fraction of sp³-hybridized carbons (Fsp3) is 0.571. The molecule has 0 bridgehead atoms. The highest BCUT2D eigenvalue weighted by Gasteiger charge is 2.15. The van der Waals surface area contributed by atoms with E-state index in [1.165, 1.54) is 12.1 Å². The van der Waals surface area contributed by atoms with Gasteiger partial charge >= 0.3 is 0 Å². The highest BCUT2D eigenvalue weighted by molar-refractivity contribution is 5.52. The molecule has 0 saturated heterocycles. The maximum Gasteiger partial charge on any atom is 0.274 e. The van der Waals surface area contributed by atoms with Crippen molar-refractivity contribution in [3.8, 4) is 0 Å². The van der Waals surface area contributed by atoms with Gasteiger partial charge in [-0.2, -0.15) is 0 Å². The molecule has 112 valence electrons. The van der Waals surface area contributed by atoms with Crippen LogP contribution in [0.1, 0.15) is 20.3 Å². The Labute approximate surface area is 118 Å². The summed E-state index contributed by atoms with van der Waals surface area (Å²) in [5, 5.41) is 13.9. The van der Waals surface area contributed by atoms with Crippen molar-refractivity contribution in [3.05, 3.63) is 34.1 Å². The fourth-order valence-corrected chi connectivity index (χ4v) is 2.19. The van der Waals surface area contributed by atoms with E-state index >= 15 is 0 Å². The van der Waals surface area contributed by atoms with Crippen LogP contribution in [-0.4, -0.2) is 36.5 Å². The highest BCUT2D eigenvalue weighted by atomic mass is 19.1. The molecule has 5 nitrogen and oxygen atoms in total. The van der Waals surface area contributed by atoms with Crippen molar-refractivity contribution < 1.29 is 9.31 Å². The van der Waals surface area contributed by atoms with Gasteiger partial charge in [0.1, 0.15) is 5.82 Å². The van der Waals surface area contributed by atoms with Crippen molar-refractivity contribution in [2.24, 2.45) is 5.92 Å². The van der Waals surface area contributed by atoms with Crippen molar-refractivity contribution in [1.29, 1.82) is 0 Å². The van der Waals surface area contributed by atoms with Crippen LogP contribution in [-0.2, 0) is 0 Å². The van der Waals surface area contributed by atoms with Gasteiger partial charge in [0.25, 0.3) is 5.69 Å². The molecule has 1 N–H and O–H groups in total. The van der Waals surface area contributed by atoms with Gasteiger partial charge in [0.15, 0.2) is 0 Å². The Balaban J connectivity index is 2.89. The van der Waals surface area contributed by atoms with E-state index in [2.05, 4.69) is 19.2 Å². The maximum atomic E-state index is 13.4. The van der Waals surface area contributed by atoms with Crippen LogP contribution >= 0.6 is 0 Å². The van der Waals surface area contributed by atoms with Crippen LogP contribution in [0.15, 0.2) is 18.2 Å². The molecule has 1 rings (SSSR count). The first-order chi connectivity index (χ1) is 9.27. The molecule has 0 aliphatic heterocycles.